The van der Waals surface area contributed by atoms with E-state index in [9.17, 15) is 4.39 Å². The Bertz CT molecular complexity index is 628. The molecule has 2 nitrogen and oxygen atoms in total. The van der Waals surface area contributed by atoms with Gasteiger partial charge in [-0.1, -0.05) is 30.7 Å². The minimum absolute atomic E-state index is 0.115. The third kappa shape index (κ3) is 4.02. The SMILES string of the molecule is CCNC(Cc1ccc(Cl)c(F)c1)c1ccc(C)nc1C. The lowest BCUT2D eigenvalue weighted by molar-refractivity contribution is 0.542. The van der Waals surface area contributed by atoms with Crippen LogP contribution in [0.25, 0.3) is 0 Å². The van der Waals surface area contributed by atoms with E-state index in [0.29, 0.717) is 6.42 Å². The molecule has 0 bridgehead atoms. The van der Waals surface area contributed by atoms with Gasteiger partial charge in [-0.05, 0) is 56.1 Å². The molecule has 0 saturated heterocycles. The highest BCUT2D eigenvalue weighted by atomic mass is 35.5. The number of nitrogens with one attached hydrogen (secondary N) is 1. The molecule has 112 valence electrons. The summed E-state index contributed by atoms with van der Waals surface area (Å²) in [6.07, 6.45) is 0.702. The molecule has 0 spiro atoms. The Balaban J connectivity index is 2.28. The Kier molecular flexibility index (Phi) is 5.32. The van der Waals surface area contributed by atoms with Crippen molar-refractivity contribution < 1.29 is 4.39 Å². The third-order valence-corrected chi connectivity index (χ3v) is 3.82. The Hall–Kier alpha value is -1.45. The lowest BCUT2D eigenvalue weighted by atomic mass is 9.97. The number of likely N-dealkylation sites (N-methyl/N-ethyl adjacent to an activating group) is 1. The second-order valence-corrected chi connectivity index (χ2v) is 5.60. The fraction of sp³-hybridized carbons (Fsp3) is 0.353. The Morgan fingerprint density at radius 3 is 2.62 bits per heavy atom. The number of benzene rings is 1. The summed E-state index contributed by atoms with van der Waals surface area (Å²) in [4.78, 5) is 4.51. The summed E-state index contributed by atoms with van der Waals surface area (Å²) in [7, 11) is 0. The first kappa shape index (κ1) is 15.9. The number of nitrogens with zero attached hydrogens (tertiary/aromatic N) is 1. The zero-order chi connectivity index (χ0) is 15.4. The van der Waals surface area contributed by atoms with E-state index in [0.717, 1.165) is 29.1 Å². The summed E-state index contributed by atoms with van der Waals surface area (Å²) in [6.45, 7) is 6.89. The van der Waals surface area contributed by atoms with E-state index < -0.39 is 0 Å². The number of hydrogen-bond acceptors (Lipinski definition) is 2. The predicted molar refractivity (Wildman–Crippen MR) is 85.2 cm³/mol. The van der Waals surface area contributed by atoms with Crippen molar-refractivity contribution in [2.24, 2.45) is 0 Å². The van der Waals surface area contributed by atoms with E-state index in [2.05, 4.69) is 23.3 Å². The summed E-state index contributed by atoms with van der Waals surface area (Å²) >= 11 is 5.74. The zero-order valence-electron chi connectivity index (χ0n) is 12.6. The molecule has 0 saturated carbocycles. The molecule has 0 fully saturated rings. The van der Waals surface area contributed by atoms with Crippen molar-refractivity contribution in [2.45, 2.75) is 33.2 Å². The lowest BCUT2D eigenvalue weighted by Gasteiger charge is -2.20. The highest BCUT2D eigenvalue weighted by molar-refractivity contribution is 6.30. The van der Waals surface area contributed by atoms with Crippen LogP contribution in [0.4, 0.5) is 4.39 Å². The minimum atomic E-state index is -0.372. The topological polar surface area (TPSA) is 24.9 Å². The fourth-order valence-corrected chi connectivity index (χ4v) is 2.62. The molecule has 0 radical (unpaired) electrons. The van der Waals surface area contributed by atoms with Crippen molar-refractivity contribution in [1.82, 2.24) is 10.3 Å². The van der Waals surface area contributed by atoms with E-state index in [1.807, 2.05) is 26.0 Å². The van der Waals surface area contributed by atoms with Gasteiger partial charge in [-0.3, -0.25) is 4.98 Å². The first-order valence-electron chi connectivity index (χ1n) is 7.12. The molecular weight excluding hydrogens is 287 g/mol. The van der Waals surface area contributed by atoms with Crippen LogP contribution in [0.15, 0.2) is 30.3 Å². The lowest BCUT2D eigenvalue weighted by Crippen LogP contribution is -2.24. The van der Waals surface area contributed by atoms with Gasteiger partial charge in [0.25, 0.3) is 0 Å². The smallest absolute Gasteiger partial charge is 0.142 e. The molecule has 0 aliphatic carbocycles. The van der Waals surface area contributed by atoms with Crippen LogP contribution in [0.5, 0.6) is 0 Å². The first-order valence-corrected chi connectivity index (χ1v) is 7.50. The number of pyridine rings is 1. The van der Waals surface area contributed by atoms with E-state index in [1.54, 1.807) is 6.07 Å². The van der Waals surface area contributed by atoms with Gasteiger partial charge in [-0.25, -0.2) is 4.39 Å². The normalized spacial score (nSPS) is 12.4. The molecular formula is C17H20ClFN2. The van der Waals surface area contributed by atoms with Crippen molar-refractivity contribution in [1.29, 1.82) is 0 Å². The van der Waals surface area contributed by atoms with Gasteiger partial charge in [0.1, 0.15) is 5.82 Å². The van der Waals surface area contributed by atoms with Crippen LogP contribution in [-0.4, -0.2) is 11.5 Å². The highest BCUT2D eigenvalue weighted by Crippen LogP contribution is 2.23. The summed E-state index contributed by atoms with van der Waals surface area (Å²) in [5, 5.41) is 3.61. The number of aromatic nitrogens is 1. The predicted octanol–water partition coefficient (Wildman–Crippen LogP) is 4.38. The third-order valence-electron chi connectivity index (χ3n) is 3.52. The maximum absolute atomic E-state index is 13.6. The standard InChI is InChI=1S/C17H20ClFN2/c1-4-20-17(14-7-5-11(2)21-12(14)3)10-13-6-8-15(18)16(19)9-13/h5-9,17,20H,4,10H2,1-3H3. The molecule has 0 amide bonds. The Morgan fingerprint density at radius 2 is 2.00 bits per heavy atom. The van der Waals surface area contributed by atoms with Gasteiger partial charge >= 0.3 is 0 Å². The molecule has 4 heteroatoms. The van der Waals surface area contributed by atoms with E-state index in [4.69, 9.17) is 11.6 Å². The Labute approximate surface area is 130 Å². The molecule has 2 rings (SSSR count). The van der Waals surface area contributed by atoms with Crippen LogP contribution in [0.3, 0.4) is 0 Å². The maximum atomic E-state index is 13.6. The molecule has 1 aromatic carbocycles. The number of hydrogen-bond donors (Lipinski definition) is 1. The van der Waals surface area contributed by atoms with Crippen molar-refractivity contribution in [3.05, 3.63) is 63.7 Å². The van der Waals surface area contributed by atoms with Gasteiger partial charge in [0.15, 0.2) is 0 Å². The second kappa shape index (κ2) is 7.01. The second-order valence-electron chi connectivity index (χ2n) is 5.19. The molecule has 1 N–H and O–H groups in total. The van der Waals surface area contributed by atoms with Gasteiger partial charge in [0.05, 0.1) is 5.02 Å². The van der Waals surface area contributed by atoms with E-state index in [-0.39, 0.29) is 16.9 Å². The minimum Gasteiger partial charge on any atom is -0.310 e. The van der Waals surface area contributed by atoms with Crippen LogP contribution in [0.1, 0.15) is 35.5 Å². The average molecular weight is 307 g/mol. The summed E-state index contributed by atoms with van der Waals surface area (Å²) in [6, 6.07) is 9.20. The summed E-state index contributed by atoms with van der Waals surface area (Å²) in [5.41, 5.74) is 4.08. The first-order chi connectivity index (χ1) is 10.0. The van der Waals surface area contributed by atoms with Crippen LogP contribution >= 0.6 is 11.6 Å². The molecule has 2 aromatic rings. The van der Waals surface area contributed by atoms with Crippen LogP contribution in [-0.2, 0) is 6.42 Å². The Morgan fingerprint density at radius 1 is 1.24 bits per heavy atom. The van der Waals surface area contributed by atoms with Crippen LogP contribution < -0.4 is 5.32 Å². The van der Waals surface area contributed by atoms with Crippen LogP contribution in [0.2, 0.25) is 5.02 Å². The number of halogens is 2. The van der Waals surface area contributed by atoms with Gasteiger partial charge < -0.3 is 5.32 Å². The van der Waals surface area contributed by atoms with Crippen molar-refractivity contribution >= 4 is 11.6 Å². The largest absolute Gasteiger partial charge is 0.310 e. The van der Waals surface area contributed by atoms with Gasteiger partial charge in [0.2, 0.25) is 0 Å². The number of rotatable bonds is 5. The molecule has 0 aliphatic rings. The molecule has 21 heavy (non-hydrogen) atoms. The van der Waals surface area contributed by atoms with E-state index in [1.165, 1.54) is 6.07 Å². The monoisotopic (exact) mass is 306 g/mol. The zero-order valence-corrected chi connectivity index (χ0v) is 13.3. The van der Waals surface area contributed by atoms with Gasteiger partial charge in [0, 0.05) is 17.4 Å². The van der Waals surface area contributed by atoms with Crippen LogP contribution in [0, 0.1) is 19.7 Å². The fourth-order valence-electron chi connectivity index (χ4n) is 2.51. The van der Waals surface area contributed by atoms with E-state index >= 15 is 0 Å². The molecule has 1 heterocycles. The average Bonchev–Trinajstić information content (AvgIpc) is 2.42. The number of aryl methyl sites for hydroxylation is 2. The maximum Gasteiger partial charge on any atom is 0.142 e. The summed E-state index contributed by atoms with van der Waals surface area (Å²) in [5.74, 6) is -0.372. The molecule has 0 aliphatic heterocycles. The van der Waals surface area contributed by atoms with Crippen molar-refractivity contribution in [3.8, 4) is 0 Å². The molecule has 1 aromatic heterocycles. The van der Waals surface area contributed by atoms with Crippen molar-refractivity contribution in [3.63, 3.8) is 0 Å². The van der Waals surface area contributed by atoms with Gasteiger partial charge in [-0.15, -0.1) is 0 Å². The van der Waals surface area contributed by atoms with Crippen molar-refractivity contribution in [2.75, 3.05) is 6.54 Å². The summed E-state index contributed by atoms with van der Waals surface area (Å²) < 4.78 is 13.6. The quantitative estimate of drug-likeness (QED) is 0.886. The molecule has 1 atom stereocenters. The molecule has 1 unspecified atom stereocenters. The highest BCUT2D eigenvalue weighted by Gasteiger charge is 2.15. The van der Waals surface area contributed by atoms with Gasteiger partial charge in [-0.2, -0.15) is 0 Å².